The Kier molecular flexibility index (Phi) is 8.35. The zero-order valence-electron chi connectivity index (χ0n) is 17.4. The number of carbonyl (C=O) groups is 1. The van der Waals surface area contributed by atoms with E-state index in [1.807, 2.05) is 42.5 Å². The smallest absolute Gasteiger partial charge is 0.341 e. The van der Waals surface area contributed by atoms with Gasteiger partial charge in [0, 0.05) is 31.5 Å². The van der Waals surface area contributed by atoms with Gasteiger partial charge in [-0.1, -0.05) is 42.5 Å². The van der Waals surface area contributed by atoms with E-state index in [1.54, 1.807) is 6.92 Å². The molecule has 1 aliphatic heterocycles. The summed E-state index contributed by atoms with van der Waals surface area (Å²) in [6.45, 7) is 4.78. The molecule has 1 atom stereocenters. The molecule has 0 spiro atoms. The van der Waals surface area contributed by atoms with Crippen LogP contribution in [0.4, 0.5) is 5.95 Å². The van der Waals surface area contributed by atoms with Crippen molar-refractivity contribution in [1.29, 1.82) is 0 Å². The third-order valence-electron chi connectivity index (χ3n) is 5.23. The molecule has 1 aliphatic rings. The van der Waals surface area contributed by atoms with Crippen molar-refractivity contribution in [1.82, 2.24) is 15.3 Å². The van der Waals surface area contributed by atoms with E-state index in [-0.39, 0.29) is 12.6 Å². The summed E-state index contributed by atoms with van der Waals surface area (Å²) in [5, 5.41) is 13.1. The van der Waals surface area contributed by atoms with Crippen molar-refractivity contribution in [3.8, 4) is 0 Å². The number of rotatable bonds is 9. The highest BCUT2D eigenvalue weighted by atomic mass is 16.5. The average molecular weight is 411 g/mol. The molecule has 1 aromatic carbocycles. The number of ether oxygens (including phenoxy) is 1. The Morgan fingerprint density at radius 2 is 1.97 bits per heavy atom. The number of hydrogen-bond donors (Lipinski definition) is 2. The summed E-state index contributed by atoms with van der Waals surface area (Å²) in [5.41, 5.74) is 1.50. The van der Waals surface area contributed by atoms with E-state index in [9.17, 15) is 9.90 Å². The van der Waals surface area contributed by atoms with E-state index in [4.69, 9.17) is 4.74 Å². The van der Waals surface area contributed by atoms with Gasteiger partial charge in [-0.15, -0.1) is 0 Å². The van der Waals surface area contributed by atoms with Gasteiger partial charge >= 0.3 is 5.97 Å². The summed E-state index contributed by atoms with van der Waals surface area (Å²) in [5.74, 6) is 0.793. The normalized spacial score (nSPS) is 16.0. The molecule has 1 fully saturated rings. The van der Waals surface area contributed by atoms with Gasteiger partial charge in [-0.3, -0.25) is 0 Å². The number of hydrogen-bond acceptors (Lipinski definition) is 7. The lowest BCUT2D eigenvalue weighted by Crippen LogP contribution is -2.41. The van der Waals surface area contributed by atoms with Gasteiger partial charge in [0.25, 0.3) is 0 Å². The van der Waals surface area contributed by atoms with Crippen LogP contribution in [0.25, 0.3) is 6.08 Å². The Morgan fingerprint density at radius 3 is 2.60 bits per heavy atom. The Bertz CT molecular complexity index is 803. The van der Waals surface area contributed by atoms with Gasteiger partial charge in [0.2, 0.25) is 5.95 Å². The molecule has 0 bridgehead atoms. The van der Waals surface area contributed by atoms with Gasteiger partial charge in [-0.25, -0.2) is 14.8 Å². The van der Waals surface area contributed by atoms with Crippen LogP contribution in [-0.2, 0) is 4.74 Å². The molecule has 1 aromatic heterocycles. The van der Waals surface area contributed by atoms with Gasteiger partial charge in [-0.05, 0) is 37.8 Å². The summed E-state index contributed by atoms with van der Waals surface area (Å²) >= 11 is 0. The molecule has 160 valence electrons. The van der Waals surface area contributed by atoms with Crippen LogP contribution in [0.15, 0.2) is 48.8 Å². The predicted octanol–water partition coefficient (Wildman–Crippen LogP) is 2.53. The van der Waals surface area contributed by atoms with Crippen molar-refractivity contribution in [2.24, 2.45) is 5.92 Å². The van der Waals surface area contributed by atoms with Crippen molar-refractivity contribution in [2.45, 2.75) is 25.8 Å². The molecule has 0 amide bonds. The predicted molar refractivity (Wildman–Crippen MR) is 117 cm³/mol. The van der Waals surface area contributed by atoms with Crippen LogP contribution in [0.3, 0.4) is 0 Å². The fourth-order valence-corrected chi connectivity index (χ4v) is 3.44. The fourth-order valence-electron chi connectivity index (χ4n) is 3.44. The van der Waals surface area contributed by atoms with Gasteiger partial charge in [0.15, 0.2) is 0 Å². The molecular weight excluding hydrogens is 380 g/mol. The zero-order chi connectivity index (χ0) is 21.2. The van der Waals surface area contributed by atoms with Crippen molar-refractivity contribution in [3.05, 3.63) is 59.9 Å². The molecule has 0 saturated carbocycles. The van der Waals surface area contributed by atoms with Crippen molar-refractivity contribution in [3.63, 3.8) is 0 Å². The molecule has 2 aromatic rings. The van der Waals surface area contributed by atoms with Crippen LogP contribution in [0.2, 0.25) is 0 Å². The maximum absolute atomic E-state index is 11.7. The molecular formula is C23H30N4O3. The number of aliphatic hydroxyl groups is 1. The number of benzene rings is 1. The number of anilines is 1. The lowest BCUT2D eigenvalue weighted by atomic mass is 9.96. The van der Waals surface area contributed by atoms with E-state index >= 15 is 0 Å². The maximum Gasteiger partial charge on any atom is 0.341 e. The number of piperidine rings is 1. The SMILES string of the molecule is CCOC(=O)c1cnc(N2CCC(CNC(C=Cc3ccccc3)CO)CC2)nc1. The third-order valence-corrected chi connectivity index (χ3v) is 5.23. The summed E-state index contributed by atoms with van der Waals surface area (Å²) in [7, 11) is 0. The Labute approximate surface area is 177 Å². The number of nitrogens with zero attached hydrogens (tertiary/aromatic N) is 3. The molecule has 2 heterocycles. The molecule has 30 heavy (non-hydrogen) atoms. The highest BCUT2D eigenvalue weighted by Gasteiger charge is 2.21. The van der Waals surface area contributed by atoms with Crippen LogP contribution >= 0.6 is 0 Å². The second-order valence-electron chi connectivity index (χ2n) is 7.39. The topological polar surface area (TPSA) is 87.6 Å². The van der Waals surface area contributed by atoms with Crippen molar-refractivity contribution >= 4 is 18.0 Å². The number of nitrogens with one attached hydrogen (secondary N) is 1. The van der Waals surface area contributed by atoms with Gasteiger partial charge < -0.3 is 20.1 Å². The highest BCUT2D eigenvalue weighted by Crippen LogP contribution is 2.20. The Hall–Kier alpha value is -2.77. The van der Waals surface area contributed by atoms with E-state index < -0.39 is 5.97 Å². The Balaban J connectivity index is 1.43. The molecule has 7 heteroatoms. The molecule has 1 unspecified atom stereocenters. The van der Waals surface area contributed by atoms with Gasteiger partial charge in [0.05, 0.1) is 18.8 Å². The lowest BCUT2D eigenvalue weighted by Gasteiger charge is -2.32. The second kappa shape index (κ2) is 11.4. The quantitative estimate of drug-likeness (QED) is 0.614. The minimum absolute atomic E-state index is 0.0537. The summed E-state index contributed by atoms with van der Waals surface area (Å²) in [6, 6.07) is 10.0. The highest BCUT2D eigenvalue weighted by molar-refractivity contribution is 5.88. The monoisotopic (exact) mass is 410 g/mol. The summed E-state index contributed by atoms with van der Waals surface area (Å²) in [6.07, 6.45) is 9.15. The first-order valence-electron chi connectivity index (χ1n) is 10.5. The maximum atomic E-state index is 11.7. The molecule has 1 saturated heterocycles. The van der Waals surface area contributed by atoms with Crippen LogP contribution in [0, 0.1) is 5.92 Å². The Morgan fingerprint density at radius 1 is 1.27 bits per heavy atom. The lowest BCUT2D eigenvalue weighted by molar-refractivity contribution is 0.0525. The minimum atomic E-state index is -0.395. The molecule has 3 rings (SSSR count). The van der Waals surface area contributed by atoms with Crippen LogP contribution in [0.5, 0.6) is 0 Å². The van der Waals surface area contributed by atoms with Crippen LogP contribution < -0.4 is 10.2 Å². The number of aliphatic hydroxyl groups excluding tert-OH is 1. The van der Waals surface area contributed by atoms with Crippen LogP contribution in [-0.4, -0.2) is 59.9 Å². The van der Waals surface area contributed by atoms with E-state index in [0.29, 0.717) is 24.0 Å². The first-order valence-corrected chi connectivity index (χ1v) is 10.5. The second-order valence-corrected chi connectivity index (χ2v) is 7.39. The van der Waals surface area contributed by atoms with Crippen molar-refractivity contribution < 1.29 is 14.6 Å². The first kappa shape index (κ1) is 21.9. The van der Waals surface area contributed by atoms with Gasteiger partial charge in [-0.2, -0.15) is 0 Å². The minimum Gasteiger partial charge on any atom is -0.462 e. The van der Waals surface area contributed by atoms with Gasteiger partial charge in [0.1, 0.15) is 0 Å². The van der Waals surface area contributed by atoms with Crippen molar-refractivity contribution in [2.75, 3.05) is 37.7 Å². The first-order chi connectivity index (χ1) is 14.7. The standard InChI is InChI=1S/C23H30N4O3/c1-2-30-22(29)20-15-25-23(26-16-20)27-12-10-19(11-13-27)14-24-21(17-28)9-8-18-6-4-3-5-7-18/h3-9,15-16,19,21,24,28H,2,10-14,17H2,1H3. The third kappa shape index (κ3) is 6.37. The number of carbonyl (C=O) groups excluding carboxylic acids is 1. The fraction of sp³-hybridized carbons (Fsp3) is 0.435. The zero-order valence-corrected chi connectivity index (χ0v) is 17.4. The molecule has 2 N–H and O–H groups in total. The average Bonchev–Trinajstić information content (AvgIpc) is 2.80. The summed E-state index contributed by atoms with van der Waals surface area (Å²) in [4.78, 5) is 22.5. The van der Waals surface area contributed by atoms with E-state index in [2.05, 4.69) is 20.2 Å². The molecule has 0 radical (unpaired) electrons. The number of aromatic nitrogens is 2. The van der Waals surface area contributed by atoms with Crippen LogP contribution in [0.1, 0.15) is 35.7 Å². The van der Waals surface area contributed by atoms with E-state index in [1.165, 1.54) is 12.4 Å². The molecule has 7 nitrogen and oxygen atoms in total. The molecule has 0 aliphatic carbocycles. The number of esters is 1. The largest absolute Gasteiger partial charge is 0.462 e. The summed E-state index contributed by atoms with van der Waals surface area (Å²) < 4.78 is 4.96. The van der Waals surface area contributed by atoms with E-state index in [0.717, 1.165) is 38.0 Å².